The molecule has 1 aromatic rings. The van der Waals surface area contributed by atoms with Crippen LogP contribution in [0.5, 0.6) is 0 Å². The van der Waals surface area contributed by atoms with E-state index in [0.29, 0.717) is 5.56 Å². The fourth-order valence-corrected chi connectivity index (χ4v) is 1.90. The van der Waals surface area contributed by atoms with E-state index < -0.39 is 0 Å². The van der Waals surface area contributed by atoms with Gasteiger partial charge in [0.25, 0.3) is 0 Å². The predicted octanol–water partition coefficient (Wildman–Crippen LogP) is 3.51. The van der Waals surface area contributed by atoms with Crippen LogP contribution in [0.15, 0.2) is 54.1 Å². The molecule has 0 spiro atoms. The zero-order valence-corrected chi connectivity index (χ0v) is 9.93. The Kier molecular flexibility index (Phi) is 3.76. The van der Waals surface area contributed by atoms with Crippen molar-refractivity contribution in [3.05, 3.63) is 59.7 Å². The number of ether oxygens (including phenoxy) is 1. The summed E-state index contributed by atoms with van der Waals surface area (Å²) in [6, 6.07) is 9.12. The molecule has 2 heteroatoms. The number of esters is 1. The summed E-state index contributed by atoms with van der Waals surface area (Å²) in [4.78, 5) is 11.9. The molecular weight excluding hydrogens is 212 g/mol. The van der Waals surface area contributed by atoms with Crippen molar-refractivity contribution in [1.29, 1.82) is 0 Å². The molecule has 1 atom stereocenters. The molecule has 1 unspecified atom stereocenters. The summed E-state index contributed by atoms with van der Waals surface area (Å²) < 4.78 is 5.52. The van der Waals surface area contributed by atoms with Crippen molar-refractivity contribution >= 4 is 5.97 Å². The van der Waals surface area contributed by atoms with E-state index in [9.17, 15) is 4.79 Å². The monoisotopic (exact) mass is 228 g/mol. The first-order valence-electron chi connectivity index (χ1n) is 5.93. The molecule has 0 aromatic heterocycles. The molecule has 0 bridgehead atoms. The van der Waals surface area contributed by atoms with E-state index in [0.717, 1.165) is 12.8 Å². The second kappa shape index (κ2) is 5.48. The number of rotatable bonds is 4. The van der Waals surface area contributed by atoms with Crippen molar-refractivity contribution in [1.82, 2.24) is 0 Å². The van der Waals surface area contributed by atoms with Crippen LogP contribution in [-0.2, 0) is 4.74 Å². The Hall–Kier alpha value is -1.83. The van der Waals surface area contributed by atoms with Gasteiger partial charge in [0.05, 0.1) is 5.56 Å². The van der Waals surface area contributed by atoms with E-state index in [2.05, 4.69) is 6.08 Å². The summed E-state index contributed by atoms with van der Waals surface area (Å²) in [7, 11) is 0. The Bertz CT molecular complexity index is 443. The Morgan fingerprint density at radius 3 is 2.71 bits per heavy atom. The molecule has 1 aromatic carbocycles. The van der Waals surface area contributed by atoms with Crippen LogP contribution in [0, 0.1) is 0 Å². The van der Waals surface area contributed by atoms with Gasteiger partial charge < -0.3 is 4.74 Å². The first kappa shape index (κ1) is 11.6. The fraction of sp³-hybridized carbons (Fsp3) is 0.267. The minimum Gasteiger partial charge on any atom is -0.454 e. The number of hydrogen-bond acceptors (Lipinski definition) is 2. The maximum atomic E-state index is 11.9. The average molecular weight is 228 g/mol. The van der Waals surface area contributed by atoms with Crippen LogP contribution in [0.25, 0.3) is 0 Å². The van der Waals surface area contributed by atoms with Gasteiger partial charge in [-0.25, -0.2) is 4.79 Å². The molecule has 0 saturated carbocycles. The zero-order valence-electron chi connectivity index (χ0n) is 9.93. The quantitative estimate of drug-likeness (QED) is 0.737. The predicted molar refractivity (Wildman–Crippen MR) is 67.8 cm³/mol. The normalized spacial score (nSPS) is 15.5. The van der Waals surface area contributed by atoms with Crippen molar-refractivity contribution in [3.8, 4) is 0 Å². The van der Waals surface area contributed by atoms with Crippen LogP contribution in [-0.4, -0.2) is 12.1 Å². The highest BCUT2D eigenvalue weighted by atomic mass is 16.5. The number of hydrogen-bond donors (Lipinski definition) is 0. The van der Waals surface area contributed by atoms with Gasteiger partial charge in [-0.05, 0) is 30.5 Å². The fourth-order valence-electron chi connectivity index (χ4n) is 1.90. The maximum absolute atomic E-state index is 11.9. The lowest BCUT2D eigenvalue weighted by atomic mass is 10.1. The molecule has 0 saturated heterocycles. The van der Waals surface area contributed by atoms with Gasteiger partial charge in [0.1, 0.15) is 6.10 Å². The molecule has 0 radical (unpaired) electrons. The molecule has 17 heavy (non-hydrogen) atoms. The van der Waals surface area contributed by atoms with Gasteiger partial charge in [0.2, 0.25) is 0 Å². The summed E-state index contributed by atoms with van der Waals surface area (Å²) in [5, 5.41) is 0. The van der Waals surface area contributed by atoms with Gasteiger partial charge in [-0.2, -0.15) is 0 Å². The third-order valence-corrected chi connectivity index (χ3v) is 2.84. The number of allylic oxidation sites excluding steroid dienone is 3. The largest absolute Gasteiger partial charge is 0.454 e. The number of carbonyl (C=O) groups excluding carboxylic acids is 1. The van der Waals surface area contributed by atoms with Gasteiger partial charge >= 0.3 is 5.97 Å². The summed E-state index contributed by atoms with van der Waals surface area (Å²) >= 11 is 0. The van der Waals surface area contributed by atoms with Crippen LogP contribution in [0.2, 0.25) is 0 Å². The molecule has 88 valence electrons. The highest BCUT2D eigenvalue weighted by Crippen LogP contribution is 2.21. The van der Waals surface area contributed by atoms with Gasteiger partial charge in [0, 0.05) is 0 Å². The second-order valence-electron chi connectivity index (χ2n) is 4.04. The van der Waals surface area contributed by atoms with Gasteiger partial charge in [-0.3, -0.25) is 0 Å². The minimum atomic E-state index is -0.245. The molecule has 0 N–H and O–H groups in total. The third kappa shape index (κ3) is 2.84. The standard InChI is InChI=1S/C15H16O2/c1-2-14(12-8-6-7-9-12)17-15(16)13-10-4-3-5-11-13/h3-8,10-11,14H,2,9H2,1H3. The smallest absolute Gasteiger partial charge is 0.338 e. The van der Waals surface area contributed by atoms with Crippen molar-refractivity contribution in [2.45, 2.75) is 25.9 Å². The lowest BCUT2D eigenvalue weighted by molar-refractivity contribution is 0.0365. The molecule has 1 aliphatic rings. The summed E-state index contributed by atoms with van der Waals surface area (Å²) in [6.45, 7) is 2.03. The molecule has 2 nitrogen and oxygen atoms in total. The van der Waals surface area contributed by atoms with Crippen LogP contribution < -0.4 is 0 Å². The van der Waals surface area contributed by atoms with Crippen molar-refractivity contribution in [2.24, 2.45) is 0 Å². The van der Waals surface area contributed by atoms with Gasteiger partial charge in [-0.1, -0.05) is 43.4 Å². The molecule has 0 heterocycles. The topological polar surface area (TPSA) is 26.3 Å². The lowest BCUT2D eigenvalue weighted by Crippen LogP contribution is -2.19. The minimum absolute atomic E-state index is 0.0993. The van der Waals surface area contributed by atoms with E-state index in [4.69, 9.17) is 4.74 Å². The van der Waals surface area contributed by atoms with E-state index in [1.807, 2.05) is 37.3 Å². The molecular formula is C15H16O2. The first-order chi connectivity index (χ1) is 8.31. The van der Waals surface area contributed by atoms with E-state index >= 15 is 0 Å². The third-order valence-electron chi connectivity index (χ3n) is 2.84. The molecule has 2 rings (SSSR count). The second-order valence-corrected chi connectivity index (χ2v) is 4.04. The number of benzene rings is 1. The SMILES string of the molecule is CCC(OC(=O)c1ccccc1)C1=CC=CC1. The lowest BCUT2D eigenvalue weighted by Gasteiger charge is -2.17. The maximum Gasteiger partial charge on any atom is 0.338 e. The molecule has 0 aliphatic heterocycles. The van der Waals surface area contributed by atoms with Crippen LogP contribution in [0.1, 0.15) is 30.1 Å². The van der Waals surface area contributed by atoms with Crippen LogP contribution in [0.4, 0.5) is 0 Å². The van der Waals surface area contributed by atoms with E-state index in [1.165, 1.54) is 5.57 Å². The number of carbonyl (C=O) groups is 1. The highest BCUT2D eigenvalue weighted by molar-refractivity contribution is 5.89. The molecule has 0 amide bonds. The van der Waals surface area contributed by atoms with Crippen molar-refractivity contribution < 1.29 is 9.53 Å². The Balaban J connectivity index is 2.02. The van der Waals surface area contributed by atoms with Crippen molar-refractivity contribution in [3.63, 3.8) is 0 Å². The average Bonchev–Trinajstić information content (AvgIpc) is 2.90. The summed E-state index contributed by atoms with van der Waals surface area (Å²) in [5.41, 5.74) is 1.79. The summed E-state index contributed by atoms with van der Waals surface area (Å²) in [6.07, 6.45) is 7.72. The van der Waals surface area contributed by atoms with Crippen LogP contribution in [0.3, 0.4) is 0 Å². The van der Waals surface area contributed by atoms with Crippen LogP contribution >= 0.6 is 0 Å². The Morgan fingerprint density at radius 2 is 2.12 bits per heavy atom. The molecule has 0 fully saturated rings. The van der Waals surface area contributed by atoms with Gasteiger partial charge in [0.15, 0.2) is 0 Å². The summed E-state index contributed by atoms with van der Waals surface area (Å²) in [5.74, 6) is -0.245. The van der Waals surface area contributed by atoms with Crippen molar-refractivity contribution in [2.75, 3.05) is 0 Å². The molecule has 1 aliphatic carbocycles. The van der Waals surface area contributed by atoms with E-state index in [1.54, 1.807) is 12.1 Å². The van der Waals surface area contributed by atoms with E-state index in [-0.39, 0.29) is 12.1 Å². The van der Waals surface area contributed by atoms with Gasteiger partial charge in [-0.15, -0.1) is 0 Å². The highest BCUT2D eigenvalue weighted by Gasteiger charge is 2.18. The Labute approximate surface area is 102 Å². The Morgan fingerprint density at radius 1 is 1.35 bits per heavy atom. The first-order valence-corrected chi connectivity index (χ1v) is 5.93. The zero-order chi connectivity index (χ0) is 12.1.